The summed E-state index contributed by atoms with van der Waals surface area (Å²) >= 11 is 2.19. The van der Waals surface area contributed by atoms with Gasteiger partial charge in [-0.05, 0) is 114 Å². The maximum absolute atomic E-state index is 12.5. The summed E-state index contributed by atoms with van der Waals surface area (Å²) in [5.41, 5.74) is 6.38. The Bertz CT molecular complexity index is 1990. The highest BCUT2D eigenvalue weighted by Crippen LogP contribution is 2.52. The number of hydrogen-bond acceptors (Lipinski definition) is 9. The van der Waals surface area contributed by atoms with Crippen LogP contribution in [0.1, 0.15) is 52.4 Å². The number of carboxylic acid groups (broad SMARTS) is 1. The Balaban J connectivity index is 1.50. The summed E-state index contributed by atoms with van der Waals surface area (Å²) < 4.78 is 38.2. The van der Waals surface area contributed by atoms with Gasteiger partial charge in [-0.15, -0.1) is 0 Å². The van der Waals surface area contributed by atoms with E-state index in [9.17, 15) is 9.90 Å². The number of quaternary nitrogens is 1. The molecule has 4 atom stereocenters. The van der Waals surface area contributed by atoms with E-state index in [0.717, 1.165) is 46.3 Å². The lowest BCUT2D eigenvalue weighted by Gasteiger charge is -2.50. The number of alkyl halides is 1. The number of hydrogen-bond donors (Lipinski definition) is 0. The number of carbonyl (C=O) groups excluding carboxylic acids is 1. The number of methoxy groups -OCH3 is 3. The van der Waals surface area contributed by atoms with Gasteiger partial charge < -0.3 is 42.8 Å². The maximum atomic E-state index is 12.5. The second kappa shape index (κ2) is 14.7. The van der Waals surface area contributed by atoms with Crippen molar-refractivity contribution in [3.05, 3.63) is 94.0 Å². The molecule has 0 N–H and O–H groups in total. The van der Waals surface area contributed by atoms with Gasteiger partial charge in [-0.25, -0.2) is 0 Å². The SMILES string of the molecule is COc1ccc2cc1Oc1ccc(cc1)CC1c3cc(c(OC)cc3CC[N+]1(C)C(C)C(=O)[O-])Oc1c(OCI)c(OC)cc3c1C(C2)N(C)CC3. The summed E-state index contributed by atoms with van der Waals surface area (Å²) in [6.45, 7) is 3.21. The Morgan fingerprint density at radius 2 is 1.60 bits per heavy atom. The Labute approximate surface area is 318 Å². The smallest absolute Gasteiger partial charge is 0.205 e. The van der Waals surface area contributed by atoms with Crippen molar-refractivity contribution in [1.29, 1.82) is 0 Å². The molecule has 0 radical (unpaired) electrons. The van der Waals surface area contributed by atoms with E-state index in [2.05, 4.69) is 46.7 Å². The van der Waals surface area contributed by atoms with Gasteiger partial charge in [0.05, 0.1) is 40.9 Å². The molecule has 0 aromatic heterocycles. The predicted octanol–water partition coefficient (Wildman–Crippen LogP) is 6.58. The minimum Gasteiger partial charge on any atom is -0.544 e. The van der Waals surface area contributed by atoms with E-state index in [4.69, 9.17) is 28.4 Å². The zero-order valence-corrected chi connectivity index (χ0v) is 32.7. The molecule has 0 amide bonds. The molecule has 8 rings (SSSR count). The number of carbonyl (C=O) groups is 1. The topological polar surface area (TPSA) is 98.8 Å². The van der Waals surface area contributed by atoms with Crippen LogP contribution in [0.5, 0.6) is 46.0 Å². The number of ether oxygens (including phenoxy) is 6. The Kier molecular flexibility index (Phi) is 10.2. The fourth-order valence-corrected chi connectivity index (χ4v) is 8.49. The third-order valence-corrected chi connectivity index (χ3v) is 11.7. The van der Waals surface area contributed by atoms with Crippen LogP contribution in [0.25, 0.3) is 0 Å². The minimum atomic E-state index is -1.07. The molecule has 0 saturated heterocycles. The van der Waals surface area contributed by atoms with Crippen molar-refractivity contribution in [2.45, 2.75) is 50.7 Å². The fraction of sp³-hybridized carbons (Fsp3) is 0.390. The molecular weight excluding hydrogens is 775 g/mol. The van der Waals surface area contributed by atoms with Crippen molar-refractivity contribution in [2.75, 3.05) is 53.1 Å². The molecule has 0 saturated carbocycles. The van der Waals surface area contributed by atoms with Crippen LogP contribution in [0.3, 0.4) is 0 Å². The molecule has 4 aliphatic rings. The fourth-order valence-electron chi connectivity index (χ4n) is 8.18. The molecular formula is C41H45IN2O8. The van der Waals surface area contributed by atoms with Crippen molar-refractivity contribution in [1.82, 2.24) is 4.90 Å². The number of rotatable bonds is 7. The highest BCUT2D eigenvalue weighted by Gasteiger charge is 2.44. The van der Waals surface area contributed by atoms with Crippen molar-refractivity contribution < 1.29 is 42.8 Å². The Morgan fingerprint density at radius 1 is 0.904 bits per heavy atom. The van der Waals surface area contributed by atoms with Gasteiger partial charge in [0.25, 0.3) is 0 Å². The summed E-state index contributed by atoms with van der Waals surface area (Å²) in [4.78, 5) is 14.9. The lowest BCUT2D eigenvalue weighted by molar-refractivity contribution is -0.956. The van der Waals surface area contributed by atoms with Gasteiger partial charge in [0.15, 0.2) is 34.5 Å². The minimum absolute atomic E-state index is 0.0825. The lowest BCUT2D eigenvalue weighted by Crippen LogP contribution is -2.62. The molecule has 4 aromatic rings. The third kappa shape index (κ3) is 6.51. The Morgan fingerprint density at radius 3 is 2.29 bits per heavy atom. The van der Waals surface area contributed by atoms with E-state index in [1.165, 1.54) is 0 Å². The largest absolute Gasteiger partial charge is 0.544 e. The first-order chi connectivity index (χ1) is 25.1. The number of carboxylic acids is 1. The normalized spacial score (nSPS) is 21.4. The average Bonchev–Trinajstić information content (AvgIpc) is 3.14. The Hall–Kier alpha value is -4.20. The molecule has 6 bridgehead atoms. The summed E-state index contributed by atoms with van der Waals surface area (Å²) in [5.74, 6) is 3.68. The monoisotopic (exact) mass is 820 g/mol. The second-order valence-electron chi connectivity index (χ2n) is 14.1. The van der Waals surface area contributed by atoms with E-state index in [1.54, 1.807) is 28.3 Å². The van der Waals surface area contributed by atoms with Crippen LogP contribution in [0, 0.1) is 0 Å². The van der Waals surface area contributed by atoms with E-state index in [1.807, 2.05) is 55.6 Å². The standard InChI is InChI=1S/C41H45IN2O8/c1-24(41(45)46)44(3)16-14-27-20-34(48-5)36-22-30(27)32(44)18-25-7-10-29(11-8-25)51-35-19-26(9-12-33(35)47-4)17-31-38-28(13-15-43(31)2)21-37(49-6)39(50-23-42)40(38)52-36/h7-12,19-22,24,31-32H,13-18,23H2,1-6H3. The number of halogens is 1. The van der Waals surface area contributed by atoms with Gasteiger partial charge in [0.1, 0.15) is 22.4 Å². The van der Waals surface area contributed by atoms with Crippen LogP contribution in [0.15, 0.2) is 60.7 Å². The van der Waals surface area contributed by atoms with E-state index in [-0.39, 0.29) is 16.6 Å². The summed E-state index contributed by atoms with van der Waals surface area (Å²) in [6.07, 6.45) is 2.71. The highest BCUT2D eigenvalue weighted by molar-refractivity contribution is 14.1. The first-order valence-electron chi connectivity index (χ1n) is 17.6. The molecule has 4 aromatic carbocycles. The van der Waals surface area contributed by atoms with Crippen LogP contribution in [0.4, 0.5) is 0 Å². The molecule has 0 fully saturated rings. The van der Waals surface area contributed by atoms with Crippen molar-refractivity contribution in [2.24, 2.45) is 0 Å². The van der Waals surface area contributed by atoms with E-state index in [0.29, 0.717) is 76.4 Å². The zero-order valence-electron chi connectivity index (χ0n) is 30.5. The molecule has 4 aliphatic heterocycles. The third-order valence-electron chi connectivity index (χ3n) is 11.4. The van der Waals surface area contributed by atoms with Gasteiger partial charge in [-0.3, -0.25) is 4.90 Å². The van der Waals surface area contributed by atoms with E-state index < -0.39 is 12.0 Å². The average molecular weight is 821 g/mol. The first-order valence-corrected chi connectivity index (χ1v) is 19.1. The molecule has 4 unspecified atom stereocenters. The first kappa shape index (κ1) is 36.2. The molecule has 10 nitrogen and oxygen atoms in total. The van der Waals surface area contributed by atoms with Crippen LogP contribution < -0.4 is 33.5 Å². The predicted molar refractivity (Wildman–Crippen MR) is 204 cm³/mol. The number of nitrogens with zero attached hydrogens (tertiary/aromatic N) is 2. The molecule has 52 heavy (non-hydrogen) atoms. The summed E-state index contributed by atoms with van der Waals surface area (Å²) in [5, 5.41) is 12.5. The van der Waals surface area contributed by atoms with Crippen LogP contribution in [0.2, 0.25) is 0 Å². The van der Waals surface area contributed by atoms with Crippen molar-refractivity contribution in [3.63, 3.8) is 0 Å². The van der Waals surface area contributed by atoms with Crippen molar-refractivity contribution in [3.8, 4) is 46.0 Å². The quantitative estimate of drug-likeness (QED) is 0.116. The summed E-state index contributed by atoms with van der Waals surface area (Å²) in [7, 11) is 9.10. The number of aliphatic carboxylic acids is 1. The van der Waals surface area contributed by atoms with Crippen LogP contribution in [-0.4, -0.2) is 74.5 Å². The second-order valence-corrected chi connectivity index (χ2v) is 14.7. The van der Waals surface area contributed by atoms with Gasteiger partial charge in [0.2, 0.25) is 5.75 Å². The van der Waals surface area contributed by atoms with Gasteiger partial charge in [-0.1, -0.05) is 18.2 Å². The van der Waals surface area contributed by atoms with Crippen LogP contribution in [-0.2, 0) is 30.5 Å². The van der Waals surface area contributed by atoms with E-state index >= 15 is 0 Å². The molecule has 4 heterocycles. The molecule has 274 valence electrons. The molecule has 0 spiro atoms. The maximum Gasteiger partial charge on any atom is 0.205 e. The lowest BCUT2D eigenvalue weighted by atomic mass is 9.85. The summed E-state index contributed by atoms with van der Waals surface area (Å²) in [6, 6.07) is 19.2. The highest BCUT2D eigenvalue weighted by atomic mass is 127. The number of benzene rings is 4. The van der Waals surface area contributed by atoms with Gasteiger partial charge >= 0.3 is 0 Å². The zero-order chi connectivity index (χ0) is 36.7. The molecule has 0 aliphatic carbocycles. The van der Waals surface area contributed by atoms with Gasteiger partial charge in [-0.2, -0.15) is 0 Å². The molecule has 11 heteroatoms. The van der Waals surface area contributed by atoms with Crippen LogP contribution >= 0.6 is 22.6 Å². The van der Waals surface area contributed by atoms with Gasteiger partial charge in [0, 0.05) is 36.6 Å². The number of fused-ring (bicyclic) bond motifs is 2. The van der Waals surface area contributed by atoms with Crippen molar-refractivity contribution >= 4 is 28.6 Å². The number of likely N-dealkylation sites (N-methyl/N-ethyl adjacent to an activating group) is 2.